The number of imidazole rings is 1. The number of hydrogen-bond donors (Lipinski definition) is 1. The Morgan fingerprint density at radius 1 is 1.43 bits per heavy atom. The van der Waals surface area contributed by atoms with Crippen LogP contribution < -0.4 is 5.73 Å². The zero-order valence-corrected chi connectivity index (χ0v) is 9.78. The largest absolute Gasteiger partial charge is 0.330 e. The van der Waals surface area contributed by atoms with Gasteiger partial charge in [-0.2, -0.15) is 0 Å². The fourth-order valence-corrected chi connectivity index (χ4v) is 2.75. The lowest BCUT2D eigenvalue weighted by molar-refractivity contribution is 0.277. The molecule has 0 aliphatic heterocycles. The highest BCUT2D eigenvalue weighted by atomic mass is 79.9. The maximum atomic E-state index is 5.67. The second-order valence-electron chi connectivity index (χ2n) is 4.01. The van der Waals surface area contributed by atoms with E-state index in [1.54, 1.807) is 0 Å². The highest BCUT2D eigenvalue weighted by Crippen LogP contribution is 2.32. The average molecular weight is 258 g/mol. The quantitative estimate of drug-likeness (QED) is 0.884. The minimum absolute atomic E-state index is 0.620. The van der Waals surface area contributed by atoms with Gasteiger partial charge < -0.3 is 10.3 Å². The molecule has 2 N–H and O–H groups in total. The van der Waals surface area contributed by atoms with E-state index in [1.807, 2.05) is 6.20 Å². The molecule has 1 aromatic heterocycles. The van der Waals surface area contributed by atoms with Gasteiger partial charge in [0.15, 0.2) is 4.73 Å². The van der Waals surface area contributed by atoms with E-state index in [1.165, 1.54) is 25.7 Å². The fourth-order valence-electron chi connectivity index (χ4n) is 2.23. The summed E-state index contributed by atoms with van der Waals surface area (Å²) < 4.78 is 3.18. The summed E-state index contributed by atoms with van der Waals surface area (Å²) in [6, 6.07) is 0.620. The van der Waals surface area contributed by atoms with E-state index in [0.717, 1.165) is 17.2 Å². The van der Waals surface area contributed by atoms with Crippen molar-refractivity contribution in [2.75, 3.05) is 6.54 Å². The van der Waals surface area contributed by atoms with Crippen LogP contribution in [0.25, 0.3) is 0 Å². The first-order valence-electron chi connectivity index (χ1n) is 5.19. The van der Waals surface area contributed by atoms with Crippen LogP contribution >= 0.6 is 15.9 Å². The van der Waals surface area contributed by atoms with Crippen molar-refractivity contribution in [3.63, 3.8) is 0 Å². The Balaban J connectivity index is 1.99. The number of nitrogens with zero attached hydrogens (tertiary/aromatic N) is 2. The lowest BCUT2D eigenvalue weighted by atomic mass is 9.86. The fraction of sp³-hybridized carbons (Fsp3) is 0.700. The lowest BCUT2D eigenvalue weighted by Crippen LogP contribution is -2.23. The van der Waals surface area contributed by atoms with E-state index < -0.39 is 0 Å². The first kappa shape index (κ1) is 10.2. The second kappa shape index (κ2) is 4.45. The minimum Gasteiger partial charge on any atom is -0.330 e. The van der Waals surface area contributed by atoms with Gasteiger partial charge in [0, 0.05) is 18.4 Å². The number of nitrogens with two attached hydrogens (primary N) is 1. The summed E-state index contributed by atoms with van der Waals surface area (Å²) in [6.45, 7) is 0.845. The third-order valence-electron chi connectivity index (χ3n) is 3.16. The van der Waals surface area contributed by atoms with Gasteiger partial charge in [-0.05, 0) is 54.1 Å². The Hall–Kier alpha value is -0.350. The molecule has 14 heavy (non-hydrogen) atoms. The molecule has 1 fully saturated rings. The van der Waals surface area contributed by atoms with Gasteiger partial charge in [-0.1, -0.05) is 0 Å². The molecule has 0 bridgehead atoms. The second-order valence-corrected chi connectivity index (χ2v) is 4.72. The van der Waals surface area contributed by atoms with Crippen molar-refractivity contribution in [3.05, 3.63) is 17.1 Å². The lowest BCUT2D eigenvalue weighted by Gasteiger charge is -2.28. The van der Waals surface area contributed by atoms with E-state index in [-0.39, 0.29) is 0 Å². The third-order valence-corrected chi connectivity index (χ3v) is 3.78. The molecule has 2 rings (SSSR count). The summed E-state index contributed by atoms with van der Waals surface area (Å²) in [5, 5.41) is 0. The number of hydrogen-bond acceptors (Lipinski definition) is 2. The molecule has 0 aromatic carbocycles. The van der Waals surface area contributed by atoms with Crippen LogP contribution in [-0.2, 0) is 0 Å². The van der Waals surface area contributed by atoms with Gasteiger partial charge in [-0.15, -0.1) is 0 Å². The molecule has 1 heterocycles. The average Bonchev–Trinajstić information content (AvgIpc) is 2.65. The van der Waals surface area contributed by atoms with Crippen LogP contribution in [0, 0.1) is 5.92 Å². The van der Waals surface area contributed by atoms with Crippen LogP contribution in [0.3, 0.4) is 0 Å². The maximum Gasteiger partial charge on any atom is 0.177 e. The molecule has 0 saturated heterocycles. The van der Waals surface area contributed by atoms with Crippen molar-refractivity contribution >= 4 is 15.9 Å². The zero-order valence-electron chi connectivity index (χ0n) is 8.19. The minimum atomic E-state index is 0.620. The van der Waals surface area contributed by atoms with E-state index in [0.29, 0.717) is 6.04 Å². The van der Waals surface area contributed by atoms with Crippen molar-refractivity contribution in [2.24, 2.45) is 11.7 Å². The monoisotopic (exact) mass is 257 g/mol. The Bertz CT molecular complexity index is 289. The van der Waals surface area contributed by atoms with E-state index in [9.17, 15) is 0 Å². The molecule has 1 saturated carbocycles. The van der Waals surface area contributed by atoms with E-state index in [4.69, 9.17) is 5.73 Å². The predicted octanol–water partition coefficient (Wildman–Crippen LogP) is 2.34. The first-order chi connectivity index (χ1) is 6.81. The molecule has 3 nitrogen and oxygen atoms in total. The molecule has 0 unspecified atom stereocenters. The maximum absolute atomic E-state index is 5.67. The molecule has 0 amide bonds. The number of rotatable bonds is 2. The van der Waals surface area contributed by atoms with Crippen molar-refractivity contribution < 1.29 is 0 Å². The third kappa shape index (κ3) is 2.01. The van der Waals surface area contributed by atoms with Crippen molar-refractivity contribution in [1.29, 1.82) is 0 Å². The molecule has 1 aromatic rings. The smallest absolute Gasteiger partial charge is 0.177 e. The summed E-state index contributed by atoms with van der Waals surface area (Å²) in [5.74, 6) is 0.744. The summed E-state index contributed by atoms with van der Waals surface area (Å²) >= 11 is 3.46. The number of aromatic nitrogens is 2. The molecule has 1 aliphatic carbocycles. The standard InChI is InChI=1S/C10H16BrN3/c11-10-13-5-6-14(10)9-3-1-8(7-12)2-4-9/h5-6,8-9H,1-4,7,12H2. The highest BCUT2D eigenvalue weighted by Gasteiger charge is 2.22. The van der Waals surface area contributed by atoms with Crippen molar-refractivity contribution in [1.82, 2.24) is 9.55 Å². The molecule has 1 aliphatic rings. The van der Waals surface area contributed by atoms with Gasteiger partial charge in [0.1, 0.15) is 0 Å². The van der Waals surface area contributed by atoms with Gasteiger partial charge >= 0.3 is 0 Å². The number of halogens is 1. The summed E-state index contributed by atoms with van der Waals surface area (Å²) in [6.07, 6.45) is 8.88. The predicted molar refractivity (Wildman–Crippen MR) is 60.0 cm³/mol. The van der Waals surface area contributed by atoms with Gasteiger partial charge in [-0.3, -0.25) is 0 Å². The van der Waals surface area contributed by atoms with Crippen LogP contribution in [0.15, 0.2) is 17.1 Å². The zero-order chi connectivity index (χ0) is 9.97. The normalized spacial score (nSPS) is 27.9. The topological polar surface area (TPSA) is 43.8 Å². The highest BCUT2D eigenvalue weighted by molar-refractivity contribution is 9.10. The molecular formula is C10H16BrN3. The molecule has 78 valence electrons. The Morgan fingerprint density at radius 3 is 2.64 bits per heavy atom. The van der Waals surface area contributed by atoms with Gasteiger partial charge in [0.25, 0.3) is 0 Å². The van der Waals surface area contributed by atoms with Crippen LogP contribution in [0.1, 0.15) is 31.7 Å². The van der Waals surface area contributed by atoms with Crippen molar-refractivity contribution in [3.8, 4) is 0 Å². The molecule has 0 radical (unpaired) electrons. The Kier molecular flexibility index (Phi) is 3.23. The molecule has 0 atom stereocenters. The van der Waals surface area contributed by atoms with Crippen LogP contribution in [0.5, 0.6) is 0 Å². The Morgan fingerprint density at radius 2 is 2.14 bits per heavy atom. The summed E-state index contributed by atoms with van der Waals surface area (Å²) in [7, 11) is 0. The van der Waals surface area contributed by atoms with E-state index in [2.05, 4.69) is 31.7 Å². The van der Waals surface area contributed by atoms with E-state index >= 15 is 0 Å². The van der Waals surface area contributed by atoms with Crippen LogP contribution in [0.2, 0.25) is 0 Å². The summed E-state index contributed by atoms with van der Waals surface area (Å²) in [4.78, 5) is 4.19. The SMILES string of the molecule is NCC1CCC(n2ccnc2Br)CC1. The van der Waals surface area contributed by atoms with Crippen molar-refractivity contribution in [2.45, 2.75) is 31.7 Å². The van der Waals surface area contributed by atoms with Gasteiger partial charge in [-0.25, -0.2) is 4.98 Å². The first-order valence-corrected chi connectivity index (χ1v) is 5.99. The molecule has 4 heteroatoms. The Labute approximate surface area is 92.8 Å². The molecular weight excluding hydrogens is 242 g/mol. The van der Waals surface area contributed by atoms with Gasteiger partial charge in [0.2, 0.25) is 0 Å². The van der Waals surface area contributed by atoms with Gasteiger partial charge in [0.05, 0.1) is 0 Å². The van der Waals surface area contributed by atoms with Crippen LogP contribution in [-0.4, -0.2) is 16.1 Å². The molecule has 0 spiro atoms. The van der Waals surface area contributed by atoms with Crippen LogP contribution in [0.4, 0.5) is 0 Å². The summed E-state index contributed by atoms with van der Waals surface area (Å²) in [5.41, 5.74) is 5.67.